The highest BCUT2D eigenvalue weighted by Gasteiger charge is 2.14. The van der Waals surface area contributed by atoms with Crippen molar-refractivity contribution in [2.45, 2.75) is 31.5 Å². The Hall–Kier alpha value is -2.19. The second-order valence-electron chi connectivity index (χ2n) is 7.12. The maximum absolute atomic E-state index is 12.4. The molecule has 1 heterocycles. The average molecular weight is 526 g/mol. The van der Waals surface area contributed by atoms with E-state index in [1.54, 1.807) is 24.3 Å². The number of halogens is 3. The maximum atomic E-state index is 12.4. The summed E-state index contributed by atoms with van der Waals surface area (Å²) in [6.45, 7) is 6.85. The van der Waals surface area contributed by atoms with E-state index in [2.05, 4.69) is 22.1 Å². The molecule has 0 aliphatic heterocycles. The lowest BCUT2D eigenvalue weighted by molar-refractivity contribution is -0.113. The largest absolute Gasteiger partial charge is 0.493 e. The zero-order valence-corrected chi connectivity index (χ0v) is 21.1. The quantitative estimate of drug-likeness (QED) is 0.176. The van der Waals surface area contributed by atoms with Gasteiger partial charge in [-0.3, -0.25) is 4.79 Å². The third kappa shape index (κ3) is 7.40. The van der Waals surface area contributed by atoms with Gasteiger partial charge in [0, 0.05) is 23.0 Å². The van der Waals surface area contributed by atoms with E-state index < -0.39 is 0 Å². The van der Waals surface area contributed by atoms with Crippen molar-refractivity contribution in [2.75, 3.05) is 17.7 Å². The molecule has 0 fully saturated rings. The van der Waals surface area contributed by atoms with Crippen LogP contribution in [-0.4, -0.2) is 33.0 Å². The molecule has 0 aliphatic rings. The molecule has 33 heavy (non-hydrogen) atoms. The smallest absolute Gasteiger partial charge is 0.234 e. The van der Waals surface area contributed by atoms with Crippen LogP contribution >= 0.6 is 46.6 Å². The van der Waals surface area contributed by atoms with Crippen molar-refractivity contribution in [1.29, 1.82) is 0 Å². The Bertz CT molecular complexity index is 1140. The summed E-state index contributed by atoms with van der Waals surface area (Å²) in [6.07, 6.45) is 3.21. The van der Waals surface area contributed by atoms with Gasteiger partial charge in [-0.05, 0) is 55.3 Å². The summed E-state index contributed by atoms with van der Waals surface area (Å²) in [5.41, 5.74) is 1.47. The first-order valence-electron chi connectivity index (χ1n) is 10.2. The van der Waals surface area contributed by atoms with Crippen molar-refractivity contribution in [3.05, 3.63) is 75.5 Å². The molecule has 1 amide bonds. The summed E-state index contributed by atoms with van der Waals surface area (Å²) in [5, 5.41) is 13.6. The molecule has 0 saturated carbocycles. The average Bonchev–Trinajstić information content (AvgIpc) is 3.15. The van der Waals surface area contributed by atoms with Crippen molar-refractivity contribution in [3.8, 4) is 5.75 Å². The minimum absolute atomic E-state index is 0.150. The minimum atomic E-state index is -0.217. The third-order valence-electron chi connectivity index (χ3n) is 4.58. The summed E-state index contributed by atoms with van der Waals surface area (Å²) >= 11 is 19.4. The summed E-state index contributed by atoms with van der Waals surface area (Å²) in [6, 6.07) is 10.5. The van der Waals surface area contributed by atoms with E-state index in [1.165, 1.54) is 11.8 Å². The van der Waals surface area contributed by atoms with Crippen molar-refractivity contribution in [2.24, 2.45) is 0 Å². The fourth-order valence-corrected chi connectivity index (χ4v) is 4.35. The molecule has 0 saturated heterocycles. The van der Waals surface area contributed by atoms with Crippen LogP contribution in [0, 0.1) is 6.92 Å². The number of hydrogen-bond acceptors (Lipinski definition) is 5. The second-order valence-corrected chi connectivity index (χ2v) is 9.34. The highest BCUT2D eigenvalue weighted by Crippen LogP contribution is 2.26. The van der Waals surface area contributed by atoms with Crippen molar-refractivity contribution >= 4 is 58.2 Å². The molecule has 3 rings (SSSR count). The number of carbonyl (C=O) groups excluding carboxylic acids is 1. The topological polar surface area (TPSA) is 69.0 Å². The number of ether oxygens (including phenoxy) is 1. The van der Waals surface area contributed by atoms with Crippen LogP contribution in [0.5, 0.6) is 5.75 Å². The van der Waals surface area contributed by atoms with E-state index >= 15 is 0 Å². The monoisotopic (exact) mass is 524 g/mol. The number of amides is 1. The highest BCUT2D eigenvalue weighted by molar-refractivity contribution is 7.99. The van der Waals surface area contributed by atoms with Gasteiger partial charge in [-0.15, -0.1) is 16.8 Å². The number of hydrogen-bond donors (Lipinski definition) is 1. The number of anilines is 1. The Balaban J connectivity index is 1.54. The van der Waals surface area contributed by atoms with Crippen LogP contribution in [0.1, 0.15) is 17.8 Å². The summed E-state index contributed by atoms with van der Waals surface area (Å²) in [7, 11) is 0. The second kappa shape index (κ2) is 12.3. The number of carbonyl (C=O) groups is 1. The van der Waals surface area contributed by atoms with Gasteiger partial charge in [0.25, 0.3) is 0 Å². The van der Waals surface area contributed by atoms with E-state index in [4.69, 9.17) is 39.5 Å². The van der Waals surface area contributed by atoms with Crippen LogP contribution in [-0.2, 0) is 17.8 Å². The Kier molecular flexibility index (Phi) is 9.50. The van der Waals surface area contributed by atoms with Crippen LogP contribution in [0.25, 0.3) is 0 Å². The van der Waals surface area contributed by atoms with Gasteiger partial charge in [0.05, 0.1) is 23.1 Å². The molecule has 1 aromatic heterocycles. The Morgan fingerprint density at radius 3 is 2.70 bits per heavy atom. The standard InChI is InChI=1S/C23H23Cl3N4O2S/c1-3-10-30-21(5-4-11-32-20-9-7-16(24)12-15(20)2)28-29-23(30)33-14-22(31)27-19-13-17(25)6-8-18(19)26/h3,6-9,12-13H,1,4-5,10-11,14H2,2H3,(H,27,31). The lowest BCUT2D eigenvalue weighted by Gasteiger charge is -2.10. The molecule has 10 heteroatoms. The molecule has 6 nitrogen and oxygen atoms in total. The molecule has 1 N–H and O–H groups in total. The molecule has 0 aliphatic carbocycles. The number of allylic oxidation sites excluding steroid dienone is 1. The molecule has 0 radical (unpaired) electrons. The summed E-state index contributed by atoms with van der Waals surface area (Å²) in [5.74, 6) is 1.56. The number of aromatic nitrogens is 3. The lowest BCUT2D eigenvalue weighted by Crippen LogP contribution is -2.15. The van der Waals surface area contributed by atoms with E-state index in [1.807, 2.05) is 29.7 Å². The fraction of sp³-hybridized carbons (Fsp3) is 0.261. The number of nitrogens with one attached hydrogen (secondary N) is 1. The van der Waals surface area contributed by atoms with Crippen LogP contribution in [0.15, 0.2) is 54.2 Å². The molecule has 0 spiro atoms. The van der Waals surface area contributed by atoms with Gasteiger partial charge in [-0.1, -0.05) is 52.6 Å². The van der Waals surface area contributed by atoms with Crippen LogP contribution < -0.4 is 10.1 Å². The number of nitrogens with zero attached hydrogens (tertiary/aromatic N) is 3. The number of aryl methyl sites for hydroxylation is 2. The molecule has 3 aromatic rings. The zero-order valence-electron chi connectivity index (χ0n) is 18.0. The SMILES string of the molecule is C=CCn1c(CCCOc2ccc(Cl)cc2C)nnc1SCC(=O)Nc1cc(Cl)ccc1Cl. The van der Waals surface area contributed by atoms with Crippen LogP contribution in [0.3, 0.4) is 0 Å². The lowest BCUT2D eigenvalue weighted by atomic mass is 10.2. The molecule has 174 valence electrons. The van der Waals surface area contributed by atoms with Gasteiger partial charge in [0.2, 0.25) is 5.91 Å². The molecule has 0 bridgehead atoms. The maximum Gasteiger partial charge on any atom is 0.234 e. The molecular weight excluding hydrogens is 503 g/mol. The number of rotatable bonds is 11. The summed E-state index contributed by atoms with van der Waals surface area (Å²) < 4.78 is 7.81. The molecule has 0 atom stereocenters. The summed E-state index contributed by atoms with van der Waals surface area (Å²) in [4.78, 5) is 12.4. The normalized spacial score (nSPS) is 10.8. The van der Waals surface area contributed by atoms with E-state index in [-0.39, 0.29) is 11.7 Å². The van der Waals surface area contributed by atoms with E-state index in [9.17, 15) is 4.79 Å². The van der Waals surface area contributed by atoms with Crippen LogP contribution in [0.4, 0.5) is 5.69 Å². The predicted molar refractivity (Wildman–Crippen MR) is 136 cm³/mol. The first-order valence-corrected chi connectivity index (χ1v) is 12.3. The van der Waals surface area contributed by atoms with Gasteiger partial charge in [-0.25, -0.2) is 0 Å². The Morgan fingerprint density at radius 1 is 1.18 bits per heavy atom. The van der Waals surface area contributed by atoms with Gasteiger partial charge >= 0.3 is 0 Å². The van der Waals surface area contributed by atoms with Crippen LogP contribution in [0.2, 0.25) is 15.1 Å². The van der Waals surface area contributed by atoms with Gasteiger partial charge in [-0.2, -0.15) is 0 Å². The number of benzene rings is 2. The first-order chi connectivity index (χ1) is 15.9. The molecular formula is C23H23Cl3N4O2S. The number of thioether (sulfide) groups is 1. The highest BCUT2D eigenvalue weighted by atomic mass is 35.5. The fourth-order valence-electron chi connectivity index (χ4n) is 3.02. The van der Waals surface area contributed by atoms with E-state index in [0.717, 1.165) is 23.6 Å². The molecule has 2 aromatic carbocycles. The molecule has 0 unspecified atom stereocenters. The van der Waals surface area contributed by atoms with Gasteiger partial charge in [0.15, 0.2) is 5.16 Å². The van der Waals surface area contributed by atoms with Gasteiger partial charge in [0.1, 0.15) is 11.6 Å². The predicted octanol–water partition coefficient (Wildman–Crippen LogP) is 6.48. The first kappa shape index (κ1) is 25.4. The van der Waals surface area contributed by atoms with Gasteiger partial charge < -0.3 is 14.6 Å². The third-order valence-corrected chi connectivity index (χ3v) is 6.35. The Morgan fingerprint density at radius 2 is 1.94 bits per heavy atom. The van der Waals surface area contributed by atoms with Crippen molar-refractivity contribution < 1.29 is 9.53 Å². The Labute approximate surface area is 212 Å². The van der Waals surface area contributed by atoms with Crippen molar-refractivity contribution in [3.63, 3.8) is 0 Å². The minimum Gasteiger partial charge on any atom is -0.493 e. The van der Waals surface area contributed by atoms with E-state index in [0.29, 0.717) is 45.5 Å². The zero-order chi connectivity index (χ0) is 23.8. The van der Waals surface area contributed by atoms with Crippen molar-refractivity contribution in [1.82, 2.24) is 14.8 Å².